The molecule has 180 valence electrons. The second-order valence-electron chi connectivity index (χ2n) is 9.21. The quantitative estimate of drug-likeness (QED) is 0.507. The molecule has 2 aromatic heterocycles. The molecule has 0 saturated carbocycles. The highest BCUT2D eigenvalue weighted by Crippen LogP contribution is 2.34. The van der Waals surface area contributed by atoms with E-state index in [-0.39, 0.29) is 12.4 Å². The van der Waals surface area contributed by atoms with Crippen LogP contribution >= 0.6 is 0 Å². The van der Waals surface area contributed by atoms with Gasteiger partial charge in [0, 0.05) is 23.2 Å². The van der Waals surface area contributed by atoms with Gasteiger partial charge in [-0.05, 0) is 50.2 Å². The number of ether oxygens (including phenoxy) is 2. The van der Waals surface area contributed by atoms with Crippen LogP contribution in [0.3, 0.4) is 0 Å². The molecule has 9 nitrogen and oxygen atoms in total. The number of aliphatic hydroxyl groups is 1. The first-order valence-electron chi connectivity index (χ1n) is 11.5. The Kier molecular flexibility index (Phi) is 6.55. The van der Waals surface area contributed by atoms with Crippen molar-refractivity contribution < 1.29 is 19.0 Å². The van der Waals surface area contributed by atoms with Crippen molar-refractivity contribution in [1.29, 1.82) is 0 Å². The third-order valence-corrected chi connectivity index (χ3v) is 6.25. The number of aliphatic hydroxyl groups excluding tert-OH is 1. The van der Waals surface area contributed by atoms with E-state index in [9.17, 15) is 9.50 Å². The highest BCUT2D eigenvalue weighted by molar-refractivity contribution is 5.62. The van der Waals surface area contributed by atoms with E-state index in [2.05, 4.69) is 20.6 Å². The second-order valence-corrected chi connectivity index (χ2v) is 9.21. The molecule has 2 saturated heterocycles. The molecule has 10 heteroatoms. The maximum absolute atomic E-state index is 13.5. The Hall–Kier alpha value is -2.92. The molecule has 5 rings (SSSR count). The lowest BCUT2D eigenvalue weighted by molar-refractivity contribution is -0.240. The van der Waals surface area contributed by atoms with Crippen molar-refractivity contribution in [2.75, 3.05) is 38.2 Å². The van der Waals surface area contributed by atoms with Gasteiger partial charge >= 0.3 is 0 Å². The summed E-state index contributed by atoms with van der Waals surface area (Å²) in [4.78, 5) is 13.6. The molecule has 0 aliphatic carbocycles. The van der Waals surface area contributed by atoms with Gasteiger partial charge in [-0.1, -0.05) is 6.92 Å². The molecule has 0 bridgehead atoms. The minimum atomic E-state index is -0.740. The number of nitrogens with one attached hydrogen (secondary N) is 2. The van der Waals surface area contributed by atoms with E-state index in [0.717, 1.165) is 37.2 Å². The van der Waals surface area contributed by atoms with E-state index in [0.29, 0.717) is 36.6 Å². The van der Waals surface area contributed by atoms with Gasteiger partial charge in [-0.25, -0.2) is 19.3 Å². The summed E-state index contributed by atoms with van der Waals surface area (Å²) < 4.78 is 27.3. The summed E-state index contributed by atoms with van der Waals surface area (Å²) in [6.07, 6.45) is 6.37. The molecular formula is C24H29FN6O3. The lowest BCUT2D eigenvalue weighted by Gasteiger charge is -2.35. The maximum atomic E-state index is 13.5. The normalized spacial score (nSPS) is 23.7. The van der Waals surface area contributed by atoms with Gasteiger partial charge < -0.3 is 25.2 Å². The number of piperidine rings is 1. The molecule has 0 unspecified atom stereocenters. The Morgan fingerprint density at radius 1 is 1.21 bits per heavy atom. The highest BCUT2D eigenvalue weighted by Gasteiger charge is 2.35. The number of hydrogen-bond acceptors (Lipinski definition) is 8. The zero-order valence-corrected chi connectivity index (χ0v) is 19.1. The number of halogens is 1. The zero-order chi connectivity index (χ0) is 23.5. The van der Waals surface area contributed by atoms with E-state index in [1.54, 1.807) is 18.3 Å². The third-order valence-electron chi connectivity index (χ3n) is 6.25. The Labute approximate surface area is 197 Å². The van der Waals surface area contributed by atoms with Crippen molar-refractivity contribution in [3.63, 3.8) is 0 Å². The molecule has 4 heterocycles. The van der Waals surface area contributed by atoms with Crippen LogP contribution < -0.4 is 10.6 Å². The van der Waals surface area contributed by atoms with Crippen molar-refractivity contribution in [3.05, 3.63) is 54.6 Å². The monoisotopic (exact) mass is 468 g/mol. The van der Waals surface area contributed by atoms with Gasteiger partial charge in [0.25, 0.3) is 0 Å². The number of imidazole rings is 1. The Morgan fingerprint density at radius 2 is 1.94 bits per heavy atom. The molecule has 2 aliphatic heterocycles. The number of rotatable bonds is 6. The topological polar surface area (TPSA) is 106 Å². The number of hydrogen-bond donors (Lipinski definition) is 3. The SMILES string of the molecule is CC1(CO)COC(c2nc(-c3ccc(F)cc3)cn2-c2ncncc2NC2CCNCC2)OC1. The number of aromatic nitrogens is 4. The molecule has 34 heavy (non-hydrogen) atoms. The molecule has 1 aromatic carbocycles. The Morgan fingerprint density at radius 3 is 2.65 bits per heavy atom. The Bertz CT molecular complexity index is 1110. The average Bonchev–Trinajstić information content (AvgIpc) is 3.31. The van der Waals surface area contributed by atoms with E-state index >= 15 is 0 Å². The highest BCUT2D eigenvalue weighted by atomic mass is 19.1. The fourth-order valence-electron chi connectivity index (χ4n) is 4.18. The lowest BCUT2D eigenvalue weighted by Crippen LogP contribution is -2.39. The Balaban J connectivity index is 1.53. The third kappa shape index (κ3) is 4.80. The van der Waals surface area contributed by atoms with Gasteiger partial charge in [-0.3, -0.25) is 4.57 Å². The van der Waals surface area contributed by atoms with Crippen molar-refractivity contribution in [2.24, 2.45) is 5.41 Å². The summed E-state index contributed by atoms with van der Waals surface area (Å²) in [7, 11) is 0. The van der Waals surface area contributed by atoms with Crippen molar-refractivity contribution in [2.45, 2.75) is 32.1 Å². The lowest BCUT2D eigenvalue weighted by atomic mass is 9.94. The summed E-state index contributed by atoms with van der Waals surface area (Å²) in [5.41, 5.74) is 1.72. The minimum Gasteiger partial charge on any atom is -0.396 e. The molecular weight excluding hydrogens is 439 g/mol. The molecule has 2 fully saturated rings. The van der Waals surface area contributed by atoms with E-state index in [1.807, 2.05) is 17.7 Å². The molecule has 2 aliphatic rings. The van der Waals surface area contributed by atoms with Crippen LogP contribution in [0.2, 0.25) is 0 Å². The van der Waals surface area contributed by atoms with Crippen LogP contribution in [0.25, 0.3) is 17.1 Å². The molecule has 3 aromatic rings. The van der Waals surface area contributed by atoms with Gasteiger partial charge in [0.1, 0.15) is 12.1 Å². The van der Waals surface area contributed by atoms with Crippen LogP contribution in [0.4, 0.5) is 10.1 Å². The van der Waals surface area contributed by atoms with Crippen LogP contribution in [0.15, 0.2) is 43.0 Å². The summed E-state index contributed by atoms with van der Waals surface area (Å²) >= 11 is 0. The predicted octanol–water partition coefficient (Wildman–Crippen LogP) is 2.68. The van der Waals surface area contributed by atoms with Crippen LogP contribution in [-0.2, 0) is 9.47 Å². The zero-order valence-electron chi connectivity index (χ0n) is 19.1. The first-order chi connectivity index (χ1) is 16.5. The van der Waals surface area contributed by atoms with Crippen molar-refractivity contribution >= 4 is 5.69 Å². The summed E-state index contributed by atoms with van der Waals surface area (Å²) in [5.74, 6) is 0.841. The van der Waals surface area contributed by atoms with Gasteiger partial charge in [-0.15, -0.1) is 0 Å². The first-order valence-corrected chi connectivity index (χ1v) is 11.5. The largest absolute Gasteiger partial charge is 0.396 e. The van der Waals surface area contributed by atoms with E-state index in [4.69, 9.17) is 14.5 Å². The fourth-order valence-corrected chi connectivity index (χ4v) is 4.18. The van der Waals surface area contributed by atoms with Crippen LogP contribution in [0.1, 0.15) is 31.9 Å². The van der Waals surface area contributed by atoms with E-state index < -0.39 is 11.7 Å². The standard InChI is InChI=1S/C24H29FN6O3/c1-24(12-32)13-33-23(34-14-24)22-30-20(16-2-4-17(25)5-3-16)11-31(22)21-19(10-27-15-28-21)29-18-6-8-26-9-7-18/h2-5,10-11,15,18,23,26,29,32H,6-9,12-14H2,1H3. The van der Waals surface area contributed by atoms with Crippen molar-refractivity contribution in [3.8, 4) is 17.1 Å². The molecule has 0 amide bonds. The summed E-state index contributed by atoms with van der Waals surface area (Å²) in [6.45, 7) is 4.45. The maximum Gasteiger partial charge on any atom is 0.217 e. The van der Waals surface area contributed by atoms with Crippen LogP contribution in [0, 0.1) is 11.2 Å². The first kappa shape index (κ1) is 22.9. The average molecular weight is 469 g/mol. The summed E-state index contributed by atoms with van der Waals surface area (Å²) in [6, 6.07) is 6.49. The minimum absolute atomic E-state index is 0.0365. The van der Waals surface area contributed by atoms with E-state index in [1.165, 1.54) is 18.5 Å². The second kappa shape index (κ2) is 9.75. The van der Waals surface area contributed by atoms with Gasteiger partial charge in [0.05, 0.1) is 37.4 Å². The smallest absolute Gasteiger partial charge is 0.217 e. The van der Waals surface area contributed by atoms with Crippen LogP contribution in [-0.4, -0.2) is 63.6 Å². The van der Waals surface area contributed by atoms with Gasteiger partial charge in [0.15, 0.2) is 11.6 Å². The van der Waals surface area contributed by atoms with Gasteiger partial charge in [-0.2, -0.15) is 0 Å². The number of anilines is 1. The van der Waals surface area contributed by atoms with Gasteiger partial charge in [0.2, 0.25) is 6.29 Å². The molecule has 0 spiro atoms. The molecule has 0 atom stereocenters. The summed E-state index contributed by atoms with van der Waals surface area (Å²) in [5, 5.41) is 16.6. The number of nitrogens with zero attached hydrogens (tertiary/aromatic N) is 4. The number of benzene rings is 1. The molecule has 3 N–H and O–H groups in total. The predicted molar refractivity (Wildman–Crippen MR) is 124 cm³/mol. The van der Waals surface area contributed by atoms with Crippen molar-refractivity contribution in [1.82, 2.24) is 24.8 Å². The molecule has 0 radical (unpaired) electrons. The van der Waals surface area contributed by atoms with Crippen LogP contribution in [0.5, 0.6) is 0 Å². The fraction of sp³-hybridized carbons (Fsp3) is 0.458.